The third-order valence-corrected chi connectivity index (χ3v) is 10.1. The van der Waals surface area contributed by atoms with Gasteiger partial charge < -0.3 is 8.98 Å². The molecule has 0 amide bonds. The van der Waals surface area contributed by atoms with E-state index in [2.05, 4.69) is 173 Å². The fourth-order valence-corrected chi connectivity index (χ4v) is 7.86. The Hall–Kier alpha value is -5.16. The maximum absolute atomic E-state index is 7.14. The Morgan fingerprint density at radius 2 is 1.33 bits per heavy atom. The Balaban J connectivity index is 1.51. The zero-order valence-electron chi connectivity index (χ0n) is 30.1. The van der Waals surface area contributed by atoms with E-state index in [0.29, 0.717) is 11.8 Å². The van der Waals surface area contributed by atoms with E-state index in [9.17, 15) is 0 Å². The van der Waals surface area contributed by atoms with Crippen LogP contribution in [0.3, 0.4) is 0 Å². The van der Waals surface area contributed by atoms with Crippen molar-refractivity contribution >= 4 is 44.0 Å². The minimum absolute atomic E-state index is 0.187. The highest BCUT2D eigenvalue weighted by atomic mass is 16.3. The number of aromatic nitrogens is 4. The molecule has 8 aromatic rings. The molecule has 0 radical (unpaired) electrons. The van der Waals surface area contributed by atoms with Gasteiger partial charge in [-0.25, -0.2) is 9.55 Å². The standard InChI is InChI=1S/C44H45N4O/c1-26(2)30-18-15-19-31(27(3)4)39(30)47-35-21-14-13-20-34(35)46(9)43(47)37-28(5)22-23-32-33-24-25-36-38(41(33)49-40(32)37)45-42(48(36)44(6,7)8)29-16-11-10-12-17-29/h10-27H,1-9H3/q+1. The number of aryl methyl sites for hydroxylation is 2. The second-order valence-corrected chi connectivity index (χ2v) is 15.2. The van der Waals surface area contributed by atoms with Crippen molar-refractivity contribution in [3.63, 3.8) is 0 Å². The molecule has 0 atom stereocenters. The summed E-state index contributed by atoms with van der Waals surface area (Å²) in [4.78, 5) is 5.34. The molecule has 246 valence electrons. The fourth-order valence-electron chi connectivity index (χ4n) is 7.86. The first-order chi connectivity index (χ1) is 23.5. The topological polar surface area (TPSA) is 39.8 Å². The number of imidazole rings is 2. The molecule has 0 spiro atoms. The van der Waals surface area contributed by atoms with Gasteiger partial charge in [0.2, 0.25) is 0 Å². The molecular weight excluding hydrogens is 601 g/mol. The van der Waals surface area contributed by atoms with Gasteiger partial charge in [-0.05, 0) is 69.4 Å². The van der Waals surface area contributed by atoms with Gasteiger partial charge in [0.25, 0.3) is 5.82 Å². The highest BCUT2D eigenvalue weighted by Crippen LogP contribution is 2.44. The molecule has 5 nitrogen and oxygen atoms in total. The van der Waals surface area contributed by atoms with Crippen LogP contribution in [0.15, 0.2) is 101 Å². The van der Waals surface area contributed by atoms with E-state index in [4.69, 9.17) is 9.40 Å². The van der Waals surface area contributed by atoms with Crippen molar-refractivity contribution in [2.75, 3.05) is 0 Å². The van der Waals surface area contributed by atoms with Gasteiger partial charge >= 0.3 is 0 Å². The molecule has 0 aliphatic heterocycles. The van der Waals surface area contributed by atoms with E-state index < -0.39 is 0 Å². The largest absolute Gasteiger partial charge is 0.453 e. The molecule has 0 N–H and O–H groups in total. The summed E-state index contributed by atoms with van der Waals surface area (Å²) in [7, 11) is 2.19. The van der Waals surface area contributed by atoms with Crippen LogP contribution in [0.5, 0.6) is 0 Å². The fraction of sp³-hybridized carbons (Fsp3) is 0.273. The quantitative estimate of drug-likeness (QED) is 0.175. The summed E-state index contributed by atoms with van der Waals surface area (Å²) >= 11 is 0. The second-order valence-electron chi connectivity index (χ2n) is 15.2. The van der Waals surface area contributed by atoms with Gasteiger partial charge in [0.1, 0.15) is 22.6 Å². The number of fused-ring (bicyclic) bond motifs is 6. The molecular formula is C44H45N4O+. The van der Waals surface area contributed by atoms with Crippen LogP contribution in [0.2, 0.25) is 0 Å². The van der Waals surface area contributed by atoms with E-state index in [1.54, 1.807) is 0 Å². The molecule has 0 aliphatic carbocycles. The van der Waals surface area contributed by atoms with Crippen LogP contribution in [-0.2, 0) is 12.6 Å². The maximum atomic E-state index is 7.14. The van der Waals surface area contributed by atoms with Crippen molar-refractivity contribution in [1.82, 2.24) is 14.1 Å². The van der Waals surface area contributed by atoms with Gasteiger partial charge in [-0.3, -0.25) is 0 Å². The van der Waals surface area contributed by atoms with Crippen LogP contribution in [0.4, 0.5) is 0 Å². The molecule has 5 aromatic carbocycles. The molecule has 5 heteroatoms. The minimum atomic E-state index is -0.187. The van der Waals surface area contributed by atoms with Crippen LogP contribution in [0.1, 0.15) is 77.0 Å². The lowest BCUT2D eigenvalue weighted by Gasteiger charge is -2.24. The average molecular weight is 646 g/mol. The predicted octanol–water partition coefficient (Wildman–Crippen LogP) is 11.3. The van der Waals surface area contributed by atoms with Crippen LogP contribution >= 0.6 is 0 Å². The molecule has 0 unspecified atom stereocenters. The van der Waals surface area contributed by atoms with Crippen molar-refractivity contribution < 1.29 is 8.98 Å². The second kappa shape index (κ2) is 11.2. The van der Waals surface area contributed by atoms with Gasteiger partial charge in [0.05, 0.1) is 12.6 Å². The lowest BCUT2D eigenvalue weighted by atomic mass is 9.92. The maximum Gasteiger partial charge on any atom is 0.299 e. The molecule has 0 aliphatic rings. The van der Waals surface area contributed by atoms with Gasteiger partial charge in [0.15, 0.2) is 22.2 Å². The normalized spacial score (nSPS) is 12.6. The Labute approximate surface area is 288 Å². The summed E-state index contributed by atoms with van der Waals surface area (Å²) < 4.78 is 14.4. The van der Waals surface area contributed by atoms with Crippen molar-refractivity contribution in [1.29, 1.82) is 0 Å². The van der Waals surface area contributed by atoms with E-state index in [1.807, 2.05) is 0 Å². The van der Waals surface area contributed by atoms with E-state index >= 15 is 0 Å². The van der Waals surface area contributed by atoms with Crippen molar-refractivity contribution in [3.8, 4) is 28.5 Å². The predicted molar refractivity (Wildman–Crippen MR) is 204 cm³/mol. The Bertz CT molecular complexity index is 2530. The summed E-state index contributed by atoms with van der Waals surface area (Å²) in [6, 6.07) is 35.0. The first-order valence-corrected chi connectivity index (χ1v) is 17.5. The third kappa shape index (κ3) is 4.66. The minimum Gasteiger partial charge on any atom is -0.453 e. The summed E-state index contributed by atoms with van der Waals surface area (Å²) in [5, 5.41) is 2.18. The average Bonchev–Trinajstić information content (AvgIpc) is 3.74. The molecule has 0 bridgehead atoms. The Morgan fingerprint density at radius 3 is 2.00 bits per heavy atom. The summed E-state index contributed by atoms with van der Waals surface area (Å²) in [6.45, 7) is 18.1. The summed E-state index contributed by atoms with van der Waals surface area (Å²) in [5.41, 5.74) is 13.2. The van der Waals surface area contributed by atoms with Gasteiger partial charge in [-0.15, -0.1) is 0 Å². The van der Waals surface area contributed by atoms with Gasteiger partial charge in [-0.1, -0.05) is 100 Å². The van der Waals surface area contributed by atoms with Gasteiger partial charge in [-0.2, -0.15) is 4.57 Å². The Morgan fingerprint density at radius 1 is 0.694 bits per heavy atom. The zero-order valence-corrected chi connectivity index (χ0v) is 30.1. The molecule has 49 heavy (non-hydrogen) atoms. The molecule has 8 rings (SSSR count). The molecule has 0 saturated carbocycles. The van der Waals surface area contributed by atoms with Crippen LogP contribution in [0, 0.1) is 6.92 Å². The van der Waals surface area contributed by atoms with E-state index in [0.717, 1.165) is 55.7 Å². The van der Waals surface area contributed by atoms with Crippen LogP contribution in [0.25, 0.3) is 72.5 Å². The first-order valence-electron chi connectivity index (χ1n) is 17.5. The number of rotatable bonds is 5. The molecule has 0 saturated heterocycles. The van der Waals surface area contributed by atoms with Crippen LogP contribution < -0.4 is 4.57 Å². The van der Waals surface area contributed by atoms with Crippen molar-refractivity contribution in [3.05, 3.63) is 114 Å². The molecule has 3 aromatic heterocycles. The highest BCUT2D eigenvalue weighted by molar-refractivity contribution is 6.16. The number of benzene rings is 5. The summed E-state index contributed by atoms with van der Waals surface area (Å²) in [5.74, 6) is 2.76. The lowest BCUT2D eigenvalue weighted by Crippen LogP contribution is -2.30. The number of hydrogen-bond acceptors (Lipinski definition) is 2. The van der Waals surface area contributed by atoms with Crippen molar-refractivity contribution in [2.24, 2.45) is 7.05 Å². The SMILES string of the molecule is Cc1ccc2c(oc3c2ccc2c3nc(-c3ccccc3)n2C(C)(C)C)c1-c1n(-c2c(C(C)C)cccc2C(C)C)c2ccccc2[n+]1C. The highest BCUT2D eigenvalue weighted by Gasteiger charge is 2.34. The van der Waals surface area contributed by atoms with Gasteiger partial charge in [0, 0.05) is 33.0 Å². The Kier molecular flexibility index (Phi) is 7.11. The molecule has 3 heterocycles. The number of nitrogens with zero attached hydrogens (tertiary/aromatic N) is 4. The van der Waals surface area contributed by atoms with Crippen LogP contribution in [-0.4, -0.2) is 14.1 Å². The number of furan rings is 1. The van der Waals surface area contributed by atoms with E-state index in [1.165, 1.54) is 33.4 Å². The zero-order chi connectivity index (χ0) is 34.4. The number of hydrogen-bond donors (Lipinski definition) is 0. The lowest BCUT2D eigenvalue weighted by molar-refractivity contribution is -0.633. The first kappa shape index (κ1) is 31.1. The monoisotopic (exact) mass is 645 g/mol. The molecule has 0 fully saturated rings. The number of para-hydroxylation sites is 3. The smallest absolute Gasteiger partial charge is 0.299 e. The van der Waals surface area contributed by atoms with E-state index in [-0.39, 0.29) is 5.54 Å². The third-order valence-electron chi connectivity index (χ3n) is 10.1. The van der Waals surface area contributed by atoms with Crippen molar-refractivity contribution in [2.45, 2.75) is 72.8 Å². The summed E-state index contributed by atoms with van der Waals surface area (Å²) in [6.07, 6.45) is 0.